The van der Waals surface area contributed by atoms with Crippen molar-refractivity contribution in [3.05, 3.63) is 29.3 Å². The van der Waals surface area contributed by atoms with Crippen LogP contribution in [0.3, 0.4) is 0 Å². The number of nitrogens with zero attached hydrogens (tertiary/aromatic N) is 1. The van der Waals surface area contributed by atoms with Gasteiger partial charge in [-0.15, -0.1) is 0 Å². The maximum atomic E-state index is 13.7. The van der Waals surface area contributed by atoms with Crippen LogP contribution < -0.4 is 4.74 Å². The third-order valence-corrected chi connectivity index (χ3v) is 2.94. The molecule has 1 aliphatic heterocycles. The van der Waals surface area contributed by atoms with Gasteiger partial charge in [0.25, 0.3) is 0 Å². The Hall–Kier alpha value is -2.18. The Labute approximate surface area is 126 Å². The molecule has 0 aliphatic carbocycles. The van der Waals surface area contributed by atoms with Crippen molar-refractivity contribution in [2.24, 2.45) is 0 Å². The number of carbonyl (C=O) groups is 2. The summed E-state index contributed by atoms with van der Waals surface area (Å²) in [6, 6.07) is 1.80. The van der Waals surface area contributed by atoms with Crippen LogP contribution in [0.5, 0.6) is 5.75 Å². The molecule has 1 aromatic rings. The van der Waals surface area contributed by atoms with Crippen molar-refractivity contribution in [3.63, 3.8) is 0 Å². The first-order chi connectivity index (χ1) is 10.2. The van der Waals surface area contributed by atoms with Crippen LogP contribution >= 0.6 is 0 Å². The van der Waals surface area contributed by atoms with Gasteiger partial charge in [0, 0.05) is 5.56 Å². The second-order valence-corrected chi connectivity index (χ2v) is 6.06. The van der Waals surface area contributed by atoms with Crippen LogP contribution in [0.2, 0.25) is 0 Å². The Morgan fingerprint density at radius 2 is 1.82 bits per heavy atom. The molecule has 5 nitrogen and oxygen atoms in total. The fourth-order valence-corrected chi connectivity index (χ4v) is 1.92. The average molecular weight is 313 g/mol. The lowest BCUT2D eigenvalue weighted by molar-refractivity contribution is -0.0238. The highest BCUT2D eigenvalue weighted by Crippen LogP contribution is 2.26. The minimum atomic E-state index is -0.946. The Balaban J connectivity index is 1.93. The van der Waals surface area contributed by atoms with Gasteiger partial charge in [-0.05, 0) is 32.9 Å². The summed E-state index contributed by atoms with van der Waals surface area (Å²) in [6.07, 6.45) is -0.660. The summed E-state index contributed by atoms with van der Waals surface area (Å²) in [5.41, 5.74) is -0.710. The quantitative estimate of drug-likeness (QED) is 0.805. The van der Waals surface area contributed by atoms with Gasteiger partial charge in [0.2, 0.25) is 0 Å². The molecule has 2 rings (SSSR count). The molecule has 0 bridgehead atoms. The molecule has 0 spiro atoms. The van der Waals surface area contributed by atoms with E-state index in [9.17, 15) is 18.4 Å². The van der Waals surface area contributed by atoms with E-state index in [1.807, 2.05) is 0 Å². The van der Waals surface area contributed by atoms with Crippen LogP contribution in [0, 0.1) is 11.6 Å². The highest BCUT2D eigenvalue weighted by atomic mass is 19.1. The smallest absolute Gasteiger partial charge is 0.410 e. The van der Waals surface area contributed by atoms with Crippen LogP contribution in [0.25, 0.3) is 0 Å². The summed E-state index contributed by atoms with van der Waals surface area (Å²) in [5.74, 6) is -2.44. The molecule has 120 valence electrons. The van der Waals surface area contributed by atoms with Gasteiger partial charge >= 0.3 is 6.09 Å². The zero-order valence-corrected chi connectivity index (χ0v) is 12.6. The van der Waals surface area contributed by atoms with E-state index in [0.717, 1.165) is 12.1 Å². The van der Waals surface area contributed by atoms with E-state index in [-0.39, 0.29) is 18.7 Å². The van der Waals surface area contributed by atoms with E-state index in [1.54, 1.807) is 20.8 Å². The molecular weight excluding hydrogens is 296 g/mol. The van der Waals surface area contributed by atoms with E-state index >= 15 is 0 Å². The average Bonchev–Trinajstić information content (AvgIpc) is 2.32. The lowest BCUT2D eigenvalue weighted by atomic mass is 10.1. The summed E-state index contributed by atoms with van der Waals surface area (Å²) in [7, 11) is 0. The van der Waals surface area contributed by atoms with Gasteiger partial charge in [0.15, 0.2) is 17.4 Å². The van der Waals surface area contributed by atoms with Crippen molar-refractivity contribution in [1.29, 1.82) is 0 Å². The first kappa shape index (κ1) is 16.2. The molecular formula is C15H17F2NO4. The molecule has 7 heteroatoms. The topological polar surface area (TPSA) is 55.8 Å². The summed E-state index contributed by atoms with van der Waals surface area (Å²) in [5, 5.41) is 0. The molecule has 0 unspecified atom stereocenters. The number of amides is 1. The SMILES string of the molecule is CC(C)(C)OC(=O)N1CC(Oc2c(F)cc(C=O)cc2F)C1. The monoisotopic (exact) mass is 313 g/mol. The number of aldehydes is 1. The van der Waals surface area contributed by atoms with Crippen molar-refractivity contribution in [3.8, 4) is 5.75 Å². The minimum Gasteiger partial charge on any atom is -0.481 e. The number of ether oxygens (including phenoxy) is 2. The van der Waals surface area contributed by atoms with Crippen molar-refractivity contribution in [1.82, 2.24) is 4.90 Å². The molecule has 1 aliphatic rings. The van der Waals surface area contributed by atoms with Crippen LogP contribution in [0.15, 0.2) is 12.1 Å². The molecule has 0 N–H and O–H groups in total. The Morgan fingerprint density at radius 3 is 2.27 bits per heavy atom. The summed E-state index contributed by atoms with van der Waals surface area (Å²) >= 11 is 0. The van der Waals surface area contributed by atoms with Crippen molar-refractivity contribution in [2.75, 3.05) is 13.1 Å². The molecule has 0 saturated carbocycles. The fraction of sp³-hybridized carbons (Fsp3) is 0.467. The second-order valence-electron chi connectivity index (χ2n) is 6.06. The van der Waals surface area contributed by atoms with Gasteiger partial charge in [-0.1, -0.05) is 0 Å². The number of benzene rings is 1. The minimum absolute atomic E-state index is 0.105. The van der Waals surface area contributed by atoms with E-state index in [1.165, 1.54) is 4.90 Å². The van der Waals surface area contributed by atoms with Crippen LogP contribution in [0.1, 0.15) is 31.1 Å². The number of rotatable bonds is 3. The zero-order valence-electron chi connectivity index (χ0n) is 12.6. The molecule has 0 aromatic heterocycles. The van der Waals surface area contributed by atoms with Crippen LogP contribution in [-0.4, -0.2) is 42.1 Å². The van der Waals surface area contributed by atoms with Gasteiger partial charge < -0.3 is 14.4 Å². The van der Waals surface area contributed by atoms with Gasteiger partial charge in [0.05, 0.1) is 13.1 Å². The third kappa shape index (κ3) is 3.72. The molecule has 1 heterocycles. The van der Waals surface area contributed by atoms with E-state index < -0.39 is 35.2 Å². The number of hydrogen-bond donors (Lipinski definition) is 0. The number of halogens is 2. The van der Waals surface area contributed by atoms with Gasteiger partial charge in [-0.25, -0.2) is 13.6 Å². The van der Waals surface area contributed by atoms with Crippen molar-refractivity contribution in [2.45, 2.75) is 32.5 Å². The Morgan fingerprint density at radius 1 is 1.27 bits per heavy atom. The number of likely N-dealkylation sites (tertiary alicyclic amines) is 1. The first-order valence-electron chi connectivity index (χ1n) is 6.78. The standard InChI is InChI=1S/C15H17F2NO4/c1-15(2,3)22-14(20)18-6-10(7-18)21-13-11(16)4-9(8-19)5-12(13)17/h4-5,8,10H,6-7H2,1-3H3. The fourth-order valence-electron chi connectivity index (χ4n) is 1.92. The Kier molecular flexibility index (Phi) is 4.35. The Bertz CT molecular complexity index is 569. The van der Waals surface area contributed by atoms with Crippen molar-refractivity contribution < 1.29 is 27.8 Å². The van der Waals surface area contributed by atoms with Crippen LogP contribution in [-0.2, 0) is 4.74 Å². The normalized spacial score (nSPS) is 15.2. The predicted molar refractivity (Wildman–Crippen MR) is 74.0 cm³/mol. The van der Waals surface area contributed by atoms with Crippen LogP contribution in [0.4, 0.5) is 13.6 Å². The maximum Gasteiger partial charge on any atom is 0.410 e. The molecule has 1 aromatic carbocycles. The first-order valence-corrected chi connectivity index (χ1v) is 6.78. The molecule has 1 saturated heterocycles. The third-order valence-electron chi connectivity index (χ3n) is 2.94. The van der Waals surface area contributed by atoms with Gasteiger partial charge in [0.1, 0.15) is 18.0 Å². The highest BCUT2D eigenvalue weighted by Gasteiger charge is 2.36. The largest absolute Gasteiger partial charge is 0.481 e. The predicted octanol–water partition coefficient (Wildman–Crippen LogP) is 2.78. The highest BCUT2D eigenvalue weighted by molar-refractivity contribution is 5.75. The zero-order chi connectivity index (χ0) is 16.5. The summed E-state index contributed by atoms with van der Waals surface area (Å²) in [4.78, 5) is 23.6. The lowest BCUT2D eigenvalue weighted by Gasteiger charge is -2.39. The molecule has 1 fully saturated rings. The summed E-state index contributed by atoms with van der Waals surface area (Å²) in [6.45, 7) is 5.61. The summed E-state index contributed by atoms with van der Waals surface area (Å²) < 4.78 is 37.7. The lowest BCUT2D eigenvalue weighted by Crippen LogP contribution is -2.57. The molecule has 0 atom stereocenters. The number of hydrogen-bond acceptors (Lipinski definition) is 4. The van der Waals surface area contributed by atoms with E-state index in [2.05, 4.69) is 0 Å². The number of carbonyl (C=O) groups excluding carboxylic acids is 2. The van der Waals surface area contributed by atoms with E-state index in [0.29, 0.717) is 6.29 Å². The van der Waals surface area contributed by atoms with Gasteiger partial charge in [-0.3, -0.25) is 4.79 Å². The second kappa shape index (κ2) is 5.90. The molecule has 0 radical (unpaired) electrons. The van der Waals surface area contributed by atoms with Gasteiger partial charge in [-0.2, -0.15) is 0 Å². The van der Waals surface area contributed by atoms with E-state index in [4.69, 9.17) is 9.47 Å². The molecule has 1 amide bonds. The maximum absolute atomic E-state index is 13.7. The van der Waals surface area contributed by atoms with Crippen molar-refractivity contribution >= 4 is 12.4 Å². The molecule has 22 heavy (non-hydrogen) atoms.